The lowest BCUT2D eigenvalue weighted by Crippen LogP contribution is -2.45. The van der Waals surface area contributed by atoms with Gasteiger partial charge in [-0.1, -0.05) is 0 Å². The summed E-state index contributed by atoms with van der Waals surface area (Å²) in [7, 11) is 0. The minimum atomic E-state index is -0.135. The van der Waals surface area contributed by atoms with Gasteiger partial charge < -0.3 is 14.2 Å². The van der Waals surface area contributed by atoms with Crippen LogP contribution in [0.25, 0.3) is 0 Å². The van der Waals surface area contributed by atoms with Crippen molar-refractivity contribution in [2.45, 2.75) is 45.8 Å². The van der Waals surface area contributed by atoms with Crippen LogP contribution in [0.5, 0.6) is 0 Å². The van der Waals surface area contributed by atoms with Crippen LogP contribution >= 0.6 is 0 Å². The van der Waals surface area contributed by atoms with Gasteiger partial charge in [-0.05, 0) is 34.6 Å². The number of ether oxygens (including phenoxy) is 3. The van der Waals surface area contributed by atoms with Crippen LogP contribution < -0.4 is 0 Å². The minimum Gasteiger partial charge on any atom is -0.375 e. The molecule has 1 fully saturated rings. The molecule has 0 aromatic heterocycles. The predicted molar refractivity (Wildman–Crippen MR) is 55.2 cm³/mol. The van der Waals surface area contributed by atoms with E-state index in [1.165, 1.54) is 0 Å². The van der Waals surface area contributed by atoms with Gasteiger partial charge in [-0.25, -0.2) is 0 Å². The van der Waals surface area contributed by atoms with Gasteiger partial charge in [0.1, 0.15) is 6.79 Å². The summed E-state index contributed by atoms with van der Waals surface area (Å²) in [5.74, 6) is 0.315. The lowest BCUT2D eigenvalue weighted by Gasteiger charge is -2.39. The Bertz CT molecular complexity index is 181. The second kappa shape index (κ2) is 4.17. The number of hydrogen-bond acceptors (Lipinski definition) is 3. The van der Waals surface area contributed by atoms with Crippen LogP contribution in [0.15, 0.2) is 0 Å². The number of hydrogen-bond donors (Lipinski definition) is 0. The molecule has 1 unspecified atom stereocenters. The molecule has 3 nitrogen and oxygen atoms in total. The zero-order chi connectivity index (χ0) is 10.8. The molecular weight excluding hydrogens is 180 g/mol. The van der Waals surface area contributed by atoms with E-state index in [1.54, 1.807) is 0 Å². The smallest absolute Gasteiger partial charge is 0.147 e. The van der Waals surface area contributed by atoms with E-state index >= 15 is 0 Å². The molecule has 1 heterocycles. The fraction of sp³-hybridized carbons (Fsp3) is 1.00. The zero-order valence-corrected chi connectivity index (χ0v) is 9.92. The first-order valence-electron chi connectivity index (χ1n) is 5.17. The molecule has 0 N–H and O–H groups in total. The highest BCUT2D eigenvalue weighted by molar-refractivity contribution is 4.81. The summed E-state index contributed by atoms with van der Waals surface area (Å²) in [5.41, 5.74) is -0.225. The molecule has 0 radical (unpaired) electrons. The first-order valence-corrected chi connectivity index (χ1v) is 5.17. The monoisotopic (exact) mass is 202 g/mol. The third-order valence-electron chi connectivity index (χ3n) is 2.53. The second-order valence-corrected chi connectivity index (χ2v) is 5.36. The van der Waals surface area contributed by atoms with E-state index in [1.807, 2.05) is 0 Å². The minimum absolute atomic E-state index is 0.0898. The summed E-state index contributed by atoms with van der Waals surface area (Å²) in [5, 5.41) is 0. The molecule has 1 atom stereocenters. The highest BCUT2D eigenvalue weighted by atomic mass is 16.7. The van der Waals surface area contributed by atoms with Gasteiger partial charge in [0.25, 0.3) is 0 Å². The van der Waals surface area contributed by atoms with Gasteiger partial charge in [0.15, 0.2) is 0 Å². The van der Waals surface area contributed by atoms with E-state index in [0.717, 1.165) is 6.61 Å². The van der Waals surface area contributed by atoms with Crippen LogP contribution in [0.2, 0.25) is 0 Å². The Balaban J connectivity index is 2.42. The van der Waals surface area contributed by atoms with Crippen molar-refractivity contribution in [3.8, 4) is 0 Å². The average Bonchev–Trinajstić information content (AvgIpc) is 2.00. The molecule has 0 bridgehead atoms. The van der Waals surface area contributed by atoms with Crippen molar-refractivity contribution in [3.05, 3.63) is 0 Å². The molecule has 14 heavy (non-hydrogen) atoms. The summed E-state index contributed by atoms with van der Waals surface area (Å²) >= 11 is 0. The maximum absolute atomic E-state index is 5.74. The molecule has 0 aromatic rings. The molecular formula is C11H22O3. The van der Waals surface area contributed by atoms with E-state index in [2.05, 4.69) is 34.6 Å². The van der Waals surface area contributed by atoms with E-state index < -0.39 is 0 Å². The first kappa shape index (κ1) is 12.0. The molecule has 1 aliphatic heterocycles. The summed E-state index contributed by atoms with van der Waals surface area (Å²) < 4.78 is 16.6. The quantitative estimate of drug-likeness (QED) is 0.687. The maximum Gasteiger partial charge on any atom is 0.147 e. The predicted octanol–water partition coefficient (Wildman–Crippen LogP) is 2.20. The molecule has 1 saturated heterocycles. The van der Waals surface area contributed by atoms with Crippen molar-refractivity contribution in [2.75, 3.05) is 20.0 Å². The van der Waals surface area contributed by atoms with Crippen LogP contribution in [-0.4, -0.2) is 31.2 Å². The van der Waals surface area contributed by atoms with Crippen LogP contribution in [-0.2, 0) is 14.2 Å². The SMILES string of the molecule is CC(C)(C)OCC1COCOC1(C)C. The Hall–Kier alpha value is -0.120. The Labute approximate surface area is 86.7 Å². The topological polar surface area (TPSA) is 27.7 Å². The molecule has 0 aromatic carbocycles. The summed E-state index contributed by atoms with van der Waals surface area (Å²) in [6.07, 6.45) is 0. The Morgan fingerprint density at radius 2 is 2.00 bits per heavy atom. The molecule has 0 amide bonds. The van der Waals surface area contributed by atoms with Crippen molar-refractivity contribution in [1.29, 1.82) is 0 Å². The first-order chi connectivity index (χ1) is 6.31. The lowest BCUT2D eigenvalue weighted by atomic mass is 9.91. The standard InChI is InChI=1S/C11H22O3/c1-10(2,3)13-7-9-6-12-8-14-11(9,4)5/h9H,6-8H2,1-5H3. The Kier molecular flexibility index (Phi) is 3.56. The van der Waals surface area contributed by atoms with Gasteiger partial charge in [-0.2, -0.15) is 0 Å². The maximum atomic E-state index is 5.74. The van der Waals surface area contributed by atoms with E-state index in [9.17, 15) is 0 Å². The molecule has 84 valence electrons. The largest absolute Gasteiger partial charge is 0.375 e. The van der Waals surface area contributed by atoms with Gasteiger partial charge in [0, 0.05) is 5.92 Å². The van der Waals surface area contributed by atoms with Crippen LogP contribution in [0.4, 0.5) is 0 Å². The lowest BCUT2D eigenvalue weighted by molar-refractivity contribution is -0.226. The van der Waals surface area contributed by atoms with Crippen LogP contribution in [0.1, 0.15) is 34.6 Å². The molecule has 0 aliphatic carbocycles. The molecule has 0 spiro atoms. The van der Waals surface area contributed by atoms with E-state index in [0.29, 0.717) is 19.3 Å². The zero-order valence-electron chi connectivity index (χ0n) is 9.92. The van der Waals surface area contributed by atoms with Gasteiger partial charge in [0.2, 0.25) is 0 Å². The van der Waals surface area contributed by atoms with Crippen molar-refractivity contribution >= 4 is 0 Å². The summed E-state index contributed by atoms with van der Waals surface area (Å²) in [6, 6.07) is 0. The summed E-state index contributed by atoms with van der Waals surface area (Å²) in [6.45, 7) is 12.2. The third kappa shape index (κ3) is 3.56. The highest BCUT2D eigenvalue weighted by Gasteiger charge is 2.35. The third-order valence-corrected chi connectivity index (χ3v) is 2.53. The van der Waals surface area contributed by atoms with Crippen LogP contribution in [0, 0.1) is 5.92 Å². The molecule has 1 aliphatic rings. The Morgan fingerprint density at radius 1 is 1.36 bits per heavy atom. The molecule has 3 heteroatoms. The fourth-order valence-electron chi connectivity index (χ4n) is 1.30. The van der Waals surface area contributed by atoms with Crippen molar-refractivity contribution < 1.29 is 14.2 Å². The van der Waals surface area contributed by atoms with Crippen molar-refractivity contribution in [3.63, 3.8) is 0 Å². The van der Waals surface area contributed by atoms with Crippen molar-refractivity contribution in [2.24, 2.45) is 5.92 Å². The van der Waals surface area contributed by atoms with Gasteiger partial charge in [0.05, 0.1) is 24.4 Å². The average molecular weight is 202 g/mol. The van der Waals surface area contributed by atoms with Gasteiger partial charge >= 0.3 is 0 Å². The normalized spacial score (nSPS) is 27.6. The Morgan fingerprint density at radius 3 is 2.50 bits per heavy atom. The number of rotatable bonds is 2. The molecule has 1 rings (SSSR count). The summed E-state index contributed by atoms with van der Waals surface area (Å²) in [4.78, 5) is 0. The van der Waals surface area contributed by atoms with Gasteiger partial charge in [-0.3, -0.25) is 0 Å². The fourth-order valence-corrected chi connectivity index (χ4v) is 1.30. The van der Waals surface area contributed by atoms with Gasteiger partial charge in [-0.15, -0.1) is 0 Å². The van der Waals surface area contributed by atoms with Crippen molar-refractivity contribution in [1.82, 2.24) is 0 Å². The molecule has 0 saturated carbocycles. The second-order valence-electron chi connectivity index (χ2n) is 5.36. The van der Waals surface area contributed by atoms with E-state index in [4.69, 9.17) is 14.2 Å². The van der Waals surface area contributed by atoms with Crippen LogP contribution in [0.3, 0.4) is 0 Å². The van der Waals surface area contributed by atoms with E-state index in [-0.39, 0.29) is 11.2 Å². The highest BCUT2D eigenvalue weighted by Crippen LogP contribution is 2.27.